The van der Waals surface area contributed by atoms with Crippen molar-refractivity contribution in [3.63, 3.8) is 0 Å². The Morgan fingerprint density at radius 3 is 1.91 bits per heavy atom. The second kappa shape index (κ2) is 11.0. The molecule has 3 heterocycles. The van der Waals surface area contributed by atoms with Crippen LogP contribution in [0.2, 0.25) is 0 Å². The summed E-state index contributed by atoms with van der Waals surface area (Å²) in [5.74, 6) is 4.59. The van der Waals surface area contributed by atoms with E-state index in [1.165, 1.54) is 0 Å². The summed E-state index contributed by atoms with van der Waals surface area (Å²) in [5.41, 5.74) is 0. The van der Waals surface area contributed by atoms with Gasteiger partial charge >= 0.3 is 0 Å². The molecule has 5 rings (SSSR count). The van der Waals surface area contributed by atoms with Crippen LogP contribution in [0.5, 0.6) is 34.5 Å². The van der Waals surface area contributed by atoms with E-state index in [-0.39, 0.29) is 13.6 Å². The molecule has 0 saturated carbocycles. The Morgan fingerprint density at radius 2 is 1.35 bits per heavy atom. The predicted molar refractivity (Wildman–Crippen MR) is 124 cm³/mol. The van der Waals surface area contributed by atoms with Gasteiger partial charge < -0.3 is 33.3 Å². The van der Waals surface area contributed by atoms with Crippen LogP contribution in [0, 0.1) is 0 Å². The first-order valence-corrected chi connectivity index (χ1v) is 11.6. The van der Waals surface area contributed by atoms with Crippen LogP contribution in [0.4, 0.5) is 0 Å². The van der Waals surface area contributed by atoms with Gasteiger partial charge in [0.05, 0.1) is 19.8 Å². The summed E-state index contributed by atoms with van der Waals surface area (Å²) in [6.07, 6.45) is 5.62. The van der Waals surface area contributed by atoms with Gasteiger partial charge in [0.2, 0.25) is 13.6 Å². The van der Waals surface area contributed by atoms with Crippen molar-refractivity contribution in [2.45, 2.75) is 19.4 Å². The van der Waals surface area contributed by atoms with E-state index in [9.17, 15) is 0 Å². The minimum absolute atomic E-state index is 0.266. The molecule has 2 aromatic carbocycles. The van der Waals surface area contributed by atoms with Crippen LogP contribution in [-0.2, 0) is 6.54 Å². The molecule has 0 fully saturated rings. The van der Waals surface area contributed by atoms with Crippen LogP contribution in [-0.4, -0.2) is 61.1 Å². The fourth-order valence-electron chi connectivity index (χ4n) is 3.90. The number of ether oxygens (including phenoxy) is 6. The Bertz CT molecular complexity index is 993. The van der Waals surface area contributed by atoms with Gasteiger partial charge in [-0.05, 0) is 43.2 Å². The number of aromatic nitrogens is 2. The van der Waals surface area contributed by atoms with Crippen molar-refractivity contribution in [3.8, 4) is 34.5 Å². The van der Waals surface area contributed by atoms with Gasteiger partial charge in [-0.1, -0.05) is 0 Å². The number of hydrogen-bond acceptors (Lipinski definition) is 8. The molecule has 0 amide bonds. The maximum Gasteiger partial charge on any atom is 0.231 e. The van der Waals surface area contributed by atoms with Gasteiger partial charge in [-0.25, -0.2) is 0 Å². The Morgan fingerprint density at radius 1 is 0.765 bits per heavy atom. The summed E-state index contributed by atoms with van der Waals surface area (Å²) in [5, 5.41) is 4.31. The lowest BCUT2D eigenvalue weighted by molar-refractivity contribution is 0.173. The van der Waals surface area contributed by atoms with Crippen molar-refractivity contribution in [2.75, 3.05) is 46.4 Å². The summed E-state index contributed by atoms with van der Waals surface area (Å²) in [6, 6.07) is 13.3. The second-order valence-corrected chi connectivity index (χ2v) is 8.04. The van der Waals surface area contributed by atoms with E-state index in [1.807, 2.05) is 59.5 Å². The molecule has 9 nitrogen and oxygen atoms in total. The summed E-state index contributed by atoms with van der Waals surface area (Å²) < 4.78 is 35.3. The van der Waals surface area contributed by atoms with E-state index < -0.39 is 0 Å². The lowest BCUT2D eigenvalue weighted by Crippen LogP contribution is -2.31. The molecule has 0 aliphatic carbocycles. The molecule has 180 valence electrons. The molecule has 2 aliphatic rings. The van der Waals surface area contributed by atoms with E-state index in [0.29, 0.717) is 13.2 Å². The van der Waals surface area contributed by atoms with E-state index in [4.69, 9.17) is 28.4 Å². The zero-order valence-corrected chi connectivity index (χ0v) is 19.1. The smallest absolute Gasteiger partial charge is 0.231 e. The maximum atomic E-state index is 5.93. The molecule has 1 aromatic heterocycles. The maximum absolute atomic E-state index is 5.93. The van der Waals surface area contributed by atoms with E-state index in [1.54, 1.807) is 0 Å². The molecular weight excluding hydrogens is 438 g/mol. The van der Waals surface area contributed by atoms with Crippen molar-refractivity contribution in [1.82, 2.24) is 14.7 Å². The highest BCUT2D eigenvalue weighted by Crippen LogP contribution is 2.36. The normalized spacial score (nSPS) is 13.4. The summed E-state index contributed by atoms with van der Waals surface area (Å²) in [6.45, 7) is 5.41. The lowest BCUT2D eigenvalue weighted by Gasteiger charge is -2.22. The molecule has 0 radical (unpaired) electrons. The van der Waals surface area contributed by atoms with E-state index in [0.717, 1.165) is 73.5 Å². The average molecular weight is 468 g/mol. The third kappa shape index (κ3) is 5.85. The number of hydrogen-bond donors (Lipinski definition) is 0. The summed E-state index contributed by atoms with van der Waals surface area (Å²) in [4.78, 5) is 2.42. The first-order chi connectivity index (χ1) is 16.8. The molecule has 0 N–H and O–H groups in total. The molecule has 0 saturated heterocycles. The SMILES string of the molecule is c1cnn(CCN(CCCOc2ccc3c(c2)OCO3)CCCOc2ccc3c(c2)OCO3)c1. The van der Waals surface area contributed by atoms with Crippen LogP contribution in [0.25, 0.3) is 0 Å². The molecule has 34 heavy (non-hydrogen) atoms. The van der Waals surface area contributed by atoms with Crippen molar-refractivity contribution in [2.24, 2.45) is 0 Å². The molecule has 9 heteroatoms. The van der Waals surface area contributed by atoms with Crippen LogP contribution in [0.1, 0.15) is 12.8 Å². The quantitative estimate of drug-likeness (QED) is 0.353. The molecule has 2 aliphatic heterocycles. The molecule has 0 atom stereocenters. The van der Waals surface area contributed by atoms with Gasteiger partial charge in [0, 0.05) is 44.2 Å². The Kier molecular flexibility index (Phi) is 7.20. The highest BCUT2D eigenvalue weighted by Gasteiger charge is 2.15. The minimum atomic E-state index is 0.266. The minimum Gasteiger partial charge on any atom is -0.493 e. The van der Waals surface area contributed by atoms with Gasteiger partial charge in [0.1, 0.15) is 11.5 Å². The van der Waals surface area contributed by atoms with Gasteiger partial charge in [-0.3, -0.25) is 4.68 Å². The van der Waals surface area contributed by atoms with Crippen molar-refractivity contribution < 1.29 is 28.4 Å². The first-order valence-electron chi connectivity index (χ1n) is 11.6. The van der Waals surface area contributed by atoms with Crippen LogP contribution < -0.4 is 28.4 Å². The largest absolute Gasteiger partial charge is 0.493 e. The van der Waals surface area contributed by atoms with Gasteiger partial charge in [-0.15, -0.1) is 0 Å². The van der Waals surface area contributed by atoms with Gasteiger partial charge in [0.25, 0.3) is 0 Å². The number of nitrogens with zero attached hydrogens (tertiary/aromatic N) is 3. The number of benzene rings is 2. The molecule has 0 unspecified atom stereocenters. The summed E-state index contributed by atoms with van der Waals surface area (Å²) in [7, 11) is 0. The first kappa shape index (κ1) is 22.2. The zero-order chi connectivity index (χ0) is 23.0. The van der Waals surface area contributed by atoms with Crippen LogP contribution >= 0.6 is 0 Å². The Balaban J connectivity index is 1.06. The predicted octanol–water partition coefficient (Wildman–Crippen LogP) is 3.58. The second-order valence-electron chi connectivity index (χ2n) is 8.04. The monoisotopic (exact) mass is 467 g/mol. The highest BCUT2D eigenvalue weighted by atomic mass is 16.7. The zero-order valence-electron chi connectivity index (χ0n) is 19.1. The molecule has 0 bridgehead atoms. The van der Waals surface area contributed by atoms with Gasteiger partial charge in [-0.2, -0.15) is 5.10 Å². The average Bonchev–Trinajstić information content (AvgIpc) is 3.63. The standard InChI is InChI=1S/C25H29N3O6/c1-8-26-28(11-1)13-12-27(9-2-14-29-20-4-6-22-24(16-20)33-18-31-22)10-3-15-30-21-5-7-23-25(17-21)34-19-32-23/h1,4-8,11,16-17H,2-3,9-10,12-15,18-19H2. The van der Waals surface area contributed by atoms with E-state index >= 15 is 0 Å². The molecule has 0 spiro atoms. The van der Waals surface area contributed by atoms with Crippen LogP contribution in [0.3, 0.4) is 0 Å². The third-order valence-corrected chi connectivity index (χ3v) is 5.67. The van der Waals surface area contributed by atoms with Crippen molar-refractivity contribution >= 4 is 0 Å². The third-order valence-electron chi connectivity index (χ3n) is 5.67. The highest BCUT2D eigenvalue weighted by molar-refractivity contribution is 5.47. The Hall–Kier alpha value is -3.59. The van der Waals surface area contributed by atoms with Gasteiger partial charge in [0.15, 0.2) is 23.0 Å². The number of fused-ring (bicyclic) bond motifs is 2. The Labute approximate surface area is 198 Å². The summed E-state index contributed by atoms with van der Waals surface area (Å²) >= 11 is 0. The van der Waals surface area contributed by atoms with Crippen LogP contribution in [0.15, 0.2) is 54.9 Å². The number of rotatable bonds is 13. The van der Waals surface area contributed by atoms with Crippen molar-refractivity contribution in [1.29, 1.82) is 0 Å². The molecular formula is C25H29N3O6. The van der Waals surface area contributed by atoms with Crippen molar-refractivity contribution in [3.05, 3.63) is 54.9 Å². The fraction of sp³-hybridized carbons (Fsp3) is 0.400. The lowest BCUT2D eigenvalue weighted by atomic mass is 10.3. The topological polar surface area (TPSA) is 76.4 Å². The van der Waals surface area contributed by atoms with E-state index in [2.05, 4.69) is 10.00 Å². The molecule has 3 aromatic rings. The fourth-order valence-corrected chi connectivity index (χ4v) is 3.90.